The zero-order valence-electron chi connectivity index (χ0n) is 15.3. The number of nitrogens with zero attached hydrogens (tertiary/aromatic N) is 2. The van der Waals surface area contributed by atoms with Crippen LogP contribution in [0.4, 0.5) is 0 Å². The standard InChI is InChI=1S/C19H30N2O3/c1-15-13-20(14-16(2)21(15)9-6-10-23-3)19(22)12-17-7-5-8-18(11-17)24-4/h5,7-8,11,15-16H,6,9-10,12-14H2,1-4H3. The third kappa shape index (κ3) is 4.95. The number of methoxy groups -OCH3 is 2. The van der Waals surface area contributed by atoms with Gasteiger partial charge in [-0.15, -0.1) is 0 Å². The van der Waals surface area contributed by atoms with Gasteiger partial charge in [0.15, 0.2) is 0 Å². The minimum atomic E-state index is 0.193. The summed E-state index contributed by atoms with van der Waals surface area (Å²) in [6.45, 7) is 7.80. The summed E-state index contributed by atoms with van der Waals surface area (Å²) in [5, 5.41) is 0. The molecular weight excluding hydrogens is 304 g/mol. The molecule has 1 aliphatic rings. The van der Waals surface area contributed by atoms with Crippen molar-refractivity contribution >= 4 is 5.91 Å². The molecule has 0 saturated carbocycles. The molecule has 1 heterocycles. The highest BCUT2D eigenvalue weighted by Gasteiger charge is 2.31. The fourth-order valence-electron chi connectivity index (χ4n) is 3.46. The fourth-order valence-corrected chi connectivity index (χ4v) is 3.46. The van der Waals surface area contributed by atoms with Crippen LogP contribution in [0, 0.1) is 0 Å². The summed E-state index contributed by atoms with van der Waals surface area (Å²) >= 11 is 0. The zero-order valence-corrected chi connectivity index (χ0v) is 15.3. The van der Waals surface area contributed by atoms with Gasteiger partial charge in [-0.1, -0.05) is 12.1 Å². The summed E-state index contributed by atoms with van der Waals surface area (Å²) in [4.78, 5) is 17.2. The van der Waals surface area contributed by atoms with Gasteiger partial charge in [0.05, 0.1) is 13.5 Å². The third-order valence-electron chi connectivity index (χ3n) is 4.71. The number of piperazine rings is 1. The van der Waals surface area contributed by atoms with Gasteiger partial charge in [-0.2, -0.15) is 0 Å². The molecule has 2 unspecified atom stereocenters. The van der Waals surface area contributed by atoms with Gasteiger partial charge in [0.1, 0.15) is 5.75 Å². The first-order valence-electron chi connectivity index (χ1n) is 8.70. The maximum Gasteiger partial charge on any atom is 0.227 e. The largest absolute Gasteiger partial charge is 0.497 e. The van der Waals surface area contributed by atoms with Gasteiger partial charge in [-0.05, 0) is 38.0 Å². The lowest BCUT2D eigenvalue weighted by molar-refractivity contribution is -0.134. The average Bonchev–Trinajstić information content (AvgIpc) is 2.57. The quantitative estimate of drug-likeness (QED) is 0.717. The van der Waals surface area contributed by atoms with Crippen molar-refractivity contribution in [3.63, 3.8) is 0 Å². The zero-order chi connectivity index (χ0) is 17.5. The van der Waals surface area contributed by atoms with Crippen LogP contribution in [0.1, 0.15) is 25.8 Å². The lowest BCUT2D eigenvalue weighted by atomic mass is 10.1. The van der Waals surface area contributed by atoms with Crippen molar-refractivity contribution in [1.82, 2.24) is 9.80 Å². The number of rotatable bonds is 7. The molecule has 1 aromatic carbocycles. The molecule has 0 aromatic heterocycles. The molecule has 24 heavy (non-hydrogen) atoms. The molecule has 2 atom stereocenters. The number of carbonyl (C=O) groups is 1. The molecule has 5 nitrogen and oxygen atoms in total. The number of ether oxygens (including phenoxy) is 2. The Morgan fingerprint density at radius 2 is 1.92 bits per heavy atom. The van der Waals surface area contributed by atoms with Crippen LogP contribution in [-0.2, 0) is 16.0 Å². The van der Waals surface area contributed by atoms with E-state index in [1.807, 2.05) is 29.2 Å². The van der Waals surface area contributed by atoms with Crippen LogP contribution in [0.15, 0.2) is 24.3 Å². The van der Waals surface area contributed by atoms with Crippen LogP contribution in [0.5, 0.6) is 5.75 Å². The Hall–Kier alpha value is -1.59. The predicted octanol–water partition coefficient (Wildman–Crippen LogP) is 2.20. The molecular formula is C19H30N2O3. The molecule has 1 aliphatic heterocycles. The van der Waals surface area contributed by atoms with Crippen molar-refractivity contribution in [2.24, 2.45) is 0 Å². The number of benzene rings is 1. The molecule has 0 spiro atoms. The van der Waals surface area contributed by atoms with Crippen molar-refractivity contribution in [2.45, 2.75) is 38.8 Å². The normalized spacial score (nSPS) is 21.8. The summed E-state index contributed by atoms with van der Waals surface area (Å²) in [6, 6.07) is 8.50. The Kier molecular flexibility index (Phi) is 7.06. The van der Waals surface area contributed by atoms with Crippen LogP contribution >= 0.6 is 0 Å². The van der Waals surface area contributed by atoms with Gasteiger partial charge in [0.2, 0.25) is 5.91 Å². The Morgan fingerprint density at radius 3 is 2.54 bits per heavy atom. The Morgan fingerprint density at radius 1 is 1.21 bits per heavy atom. The van der Waals surface area contributed by atoms with E-state index in [2.05, 4.69) is 18.7 Å². The second-order valence-electron chi connectivity index (χ2n) is 6.61. The van der Waals surface area contributed by atoms with E-state index in [1.54, 1.807) is 14.2 Å². The van der Waals surface area contributed by atoms with Crippen molar-refractivity contribution in [3.8, 4) is 5.75 Å². The van der Waals surface area contributed by atoms with Crippen molar-refractivity contribution in [1.29, 1.82) is 0 Å². The van der Waals surface area contributed by atoms with Crippen LogP contribution in [0.25, 0.3) is 0 Å². The van der Waals surface area contributed by atoms with E-state index in [-0.39, 0.29) is 5.91 Å². The number of hydrogen-bond acceptors (Lipinski definition) is 4. The molecule has 0 bridgehead atoms. The highest BCUT2D eigenvalue weighted by molar-refractivity contribution is 5.79. The van der Waals surface area contributed by atoms with Gasteiger partial charge in [0, 0.05) is 45.4 Å². The van der Waals surface area contributed by atoms with Crippen LogP contribution in [-0.4, -0.2) is 68.3 Å². The van der Waals surface area contributed by atoms with Gasteiger partial charge in [-0.25, -0.2) is 0 Å². The highest BCUT2D eigenvalue weighted by atomic mass is 16.5. The molecule has 5 heteroatoms. The van der Waals surface area contributed by atoms with Gasteiger partial charge in [-0.3, -0.25) is 9.69 Å². The first-order chi connectivity index (χ1) is 11.5. The van der Waals surface area contributed by atoms with Crippen LogP contribution in [0.3, 0.4) is 0 Å². The van der Waals surface area contributed by atoms with E-state index in [0.29, 0.717) is 18.5 Å². The van der Waals surface area contributed by atoms with E-state index in [0.717, 1.165) is 44.0 Å². The second-order valence-corrected chi connectivity index (χ2v) is 6.61. The highest BCUT2D eigenvalue weighted by Crippen LogP contribution is 2.18. The number of carbonyl (C=O) groups excluding carboxylic acids is 1. The maximum atomic E-state index is 12.7. The van der Waals surface area contributed by atoms with Crippen molar-refractivity contribution in [2.75, 3.05) is 40.5 Å². The SMILES string of the molecule is COCCCN1C(C)CN(C(=O)Cc2cccc(OC)c2)CC1C. The van der Waals surface area contributed by atoms with E-state index in [4.69, 9.17) is 9.47 Å². The average molecular weight is 334 g/mol. The lowest BCUT2D eigenvalue weighted by Crippen LogP contribution is -2.58. The Bertz CT molecular complexity index is 523. The van der Waals surface area contributed by atoms with Crippen LogP contribution in [0.2, 0.25) is 0 Å². The smallest absolute Gasteiger partial charge is 0.227 e. The van der Waals surface area contributed by atoms with E-state index < -0.39 is 0 Å². The first kappa shape index (κ1) is 18.7. The van der Waals surface area contributed by atoms with Crippen LogP contribution < -0.4 is 4.74 Å². The summed E-state index contributed by atoms with van der Waals surface area (Å²) in [6.07, 6.45) is 1.46. The summed E-state index contributed by atoms with van der Waals surface area (Å²) in [5.41, 5.74) is 1.00. The molecule has 134 valence electrons. The third-order valence-corrected chi connectivity index (χ3v) is 4.71. The van der Waals surface area contributed by atoms with Crippen molar-refractivity contribution in [3.05, 3.63) is 29.8 Å². The topological polar surface area (TPSA) is 42.0 Å². The number of amides is 1. The lowest BCUT2D eigenvalue weighted by Gasteiger charge is -2.44. The molecule has 0 N–H and O–H groups in total. The van der Waals surface area contributed by atoms with Crippen molar-refractivity contribution < 1.29 is 14.3 Å². The minimum Gasteiger partial charge on any atom is -0.497 e. The van der Waals surface area contributed by atoms with E-state index >= 15 is 0 Å². The summed E-state index contributed by atoms with van der Waals surface area (Å²) < 4.78 is 10.4. The van der Waals surface area contributed by atoms with Gasteiger partial charge < -0.3 is 14.4 Å². The Balaban J connectivity index is 1.92. The monoisotopic (exact) mass is 334 g/mol. The fraction of sp³-hybridized carbons (Fsp3) is 0.632. The van der Waals surface area contributed by atoms with E-state index in [9.17, 15) is 4.79 Å². The van der Waals surface area contributed by atoms with E-state index in [1.165, 1.54) is 0 Å². The number of hydrogen-bond donors (Lipinski definition) is 0. The molecule has 1 aromatic rings. The minimum absolute atomic E-state index is 0.193. The molecule has 0 aliphatic carbocycles. The summed E-state index contributed by atoms with van der Waals surface area (Å²) in [5.74, 6) is 0.989. The van der Waals surface area contributed by atoms with Gasteiger partial charge in [0.25, 0.3) is 0 Å². The van der Waals surface area contributed by atoms with Gasteiger partial charge >= 0.3 is 0 Å². The second kappa shape index (κ2) is 9.04. The Labute approximate surface area is 145 Å². The molecule has 0 radical (unpaired) electrons. The summed E-state index contributed by atoms with van der Waals surface area (Å²) in [7, 11) is 3.38. The maximum absolute atomic E-state index is 12.7. The molecule has 2 rings (SSSR count). The molecule has 1 saturated heterocycles. The molecule has 1 fully saturated rings. The predicted molar refractivity (Wildman–Crippen MR) is 95.4 cm³/mol. The first-order valence-corrected chi connectivity index (χ1v) is 8.70. The molecule has 1 amide bonds.